The van der Waals surface area contributed by atoms with Gasteiger partial charge in [-0.3, -0.25) is 4.79 Å². The Morgan fingerprint density at radius 1 is 1.19 bits per heavy atom. The molecule has 0 spiro atoms. The SMILES string of the molecule is Nc1cc(N)cc(C(=O)N2CCC3(O)CCCCC3C2)c1. The molecular weight excluding hydrogens is 266 g/mol. The highest BCUT2D eigenvalue weighted by Gasteiger charge is 2.43. The van der Waals surface area contributed by atoms with Crippen molar-refractivity contribution in [2.45, 2.75) is 37.7 Å². The second-order valence-electron chi connectivity index (χ2n) is 6.44. The van der Waals surface area contributed by atoms with Gasteiger partial charge >= 0.3 is 0 Å². The van der Waals surface area contributed by atoms with Gasteiger partial charge in [0.25, 0.3) is 5.91 Å². The van der Waals surface area contributed by atoms with Crippen molar-refractivity contribution >= 4 is 17.3 Å². The molecule has 1 saturated heterocycles. The number of rotatable bonds is 1. The Morgan fingerprint density at radius 3 is 2.62 bits per heavy atom. The molecule has 0 radical (unpaired) electrons. The van der Waals surface area contributed by atoms with Crippen molar-refractivity contribution in [2.24, 2.45) is 5.92 Å². The zero-order valence-electron chi connectivity index (χ0n) is 12.2. The number of hydrogen-bond acceptors (Lipinski definition) is 4. The van der Waals surface area contributed by atoms with Crippen molar-refractivity contribution in [3.05, 3.63) is 23.8 Å². The Kier molecular flexibility index (Phi) is 3.53. The highest BCUT2D eigenvalue weighted by atomic mass is 16.3. The van der Waals surface area contributed by atoms with Gasteiger partial charge in [0.2, 0.25) is 0 Å². The summed E-state index contributed by atoms with van der Waals surface area (Å²) in [6.45, 7) is 1.23. The molecule has 1 aromatic carbocycles. The van der Waals surface area contributed by atoms with Crippen LogP contribution in [0.25, 0.3) is 0 Å². The number of benzene rings is 1. The summed E-state index contributed by atoms with van der Waals surface area (Å²) in [5, 5.41) is 10.7. The smallest absolute Gasteiger partial charge is 0.254 e. The van der Waals surface area contributed by atoms with E-state index in [0.717, 1.165) is 25.7 Å². The fourth-order valence-corrected chi connectivity index (χ4v) is 3.74. The third kappa shape index (κ3) is 2.70. The lowest BCUT2D eigenvalue weighted by atomic mass is 9.71. The predicted octanol–water partition coefficient (Wildman–Crippen LogP) is 1.62. The number of nitrogens with two attached hydrogens (primary N) is 2. The molecule has 1 aromatic rings. The van der Waals surface area contributed by atoms with Gasteiger partial charge in [-0.15, -0.1) is 0 Å². The second-order valence-corrected chi connectivity index (χ2v) is 6.44. The Bertz CT molecular complexity index is 540. The summed E-state index contributed by atoms with van der Waals surface area (Å²) in [5.74, 6) is 0.156. The predicted molar refractivity (Wildman–Crippen MR) is 82.7 cm³/mol. The maximum Gasteiger partial charge on any atom is 0.254 e. The Labute approximate surface area is 124 Å². The van der Waals surface area contributed by atoms with Gasteiger partial charge in [0, 0.05) is 35.9 Å². The van der Waals surface area contributed by atoms with Gasteiger partial charge in [-0.25, -0.2) is 0 Å². The van der Waals surface area contributed by atoms with E-state index in [0.29, 0.717) is 36.4 Å². The summed E-state index contributed by atoms with van der Waals surface area (Å²) < 4.78 is 0. The molecule has 2 fully saturated rings. The first-order valence-corrected chi connectivity index (χ1v) is 7.66. The summed E-state index contributed by atoms with van der Waals surface area (Å²) in [6.07, 6.45) is 4.76. The van der Waals surface area contributed by atoms with E-state index in [-0.39, 0.29) is 11.8 Å². The van der Waals surface area contributed by atoms with E-state index >= 15 is 0 Å². The quantitative estimate of drug-likeness (QED) is 0.685. The molecule has 2 unspecified atom stereocenters. The maximum atomic E-state index is 12.6. The molecule has 3 rings (SSSR count). The highest BCUT2D eigenvalue weighted by molar-refractivity contribution is 5.96. The first kappa shape index (κ1) is 14.2. The monoisotopic (exact) mass is 289 g/mol. The number of aliphatic hydroxyl groups is 1. The van der Waals surface area contributed by atoms with Crippen LogP contribution >= 0.6 is 0 Å². The van der Waals surface area contributed by atoms with Crippen molar-refractivity contribution in [3.63, 3.8) is 0 Å². The zero-order valence-corrected chi connectivity index (χ0v) is 12.2. The van der Waals surface area contributed by atoms with Gasteiger partial charge in [-0.2, -0.15) is 0 Å². The van der Waals surface area contributed by atoms with E-state index in [1.807, 2.05) is 4.90 Å². The van der Waals surface area contributed by atoms with Crippen LogP contribution in [0.3, 0.4) is 0 Å². The Balaban J connectivity index is 1.77. The van der Waals surface area contributed by atoms with Gasteiger partial charge < -0.3 is 21.5 Å². The standard InChI is InChI=1S/C16H23N3O2/c17-13-7-11(8-14(18)9-13)15(20)19-6-5-16(21)4-2-1-3-12(16)10-19/h7-9,12,21H,1-6,10,17-18H2. The van der Waals surface area contributed by atoms with E-state index in [4.69, 9.17) is 11.5 Å². The number of likely N-dealkylation sites (tertiary alicyclic amines) is 1. The van der Waals surface area contributed by atoms with Crippen molar-refractivity contribution in [1.29, 1.82) is 0 Å². The number of nitrogen functional groups attached to an aromatic ring is 2. The van der Waals surface area contributed by atoms with Crippen LogP contribution in [0.1, 0.15) is 42.5 Å². The van der Waals surface area contributed by atoms with Crippen LogP contribution in [0.15, 0.2) is 18.2 Å². The van der Waals surface area contributed by atoms with Gasteiger partial charge in [0.05, 0.1) is 5.60 Å². The van der Waals surface area contributed by atoms with Crippen molar-refractivity contribution < 1.29 is 9.90 Å². The minimum atomic E-state index is -0.566. The minimum Gasteiger partial charge on any atom is -0.399 e. The third-order valence-electron chi connectivity index (χ3n) is 4.94. The number of nitrogens with zero attached hydrogens (tertiary/aromatic N) is 1. The lowest BCUT2D eigenvalue weighted by molar-refractivity contribution is -0.0886. The molecular formula is C16H23N3O2. The number of piperidine rings is 1. The zero-order chi connectivity index (χ0) is 15.0. The van der Waals surface area contributed by atoms with E-state index in [9.17, 15) is 9.90 Å². The molecule has 5 heteroatoms. The molecule has 5 nitrogen and oxygen atoms in total. The normalized spacial score (nSPS) is 29.0. The number of anilines is 2. The summed E-state index contributed by atoms with van der Waals surface area (Å²) in [7, 11) is 0. The number of hydrogen-bond donors (Lipinski definition) is 3. The number of amides is 1. The maximum absolute atomic E-state index is 12.6. The van der Waals surface area contributed by atoms with Crippen LogP contribution in [-0.2, 0) is 0 Å². The van der Waals surface area contributed by atoms with Gasteiger partial charge in [0.1, 0.15) is 0 Å². The molecule has 2 aliphatic rings. The van der Waals surface area contributed by atoms with E-state index in [1.54, 1.807) is 18.2 Å². The number of carbonyl (C=O) groups is 1. The molecule has 1 saturated carbocycles. The fraction of sp³-hybridized carbons (Fsp3) is 0.562. The first-order chi connectivity index (χ1) is 9.98. The van der Waals surface area contributed by atoms with Gasteiger partial charge in [-0.1, -0.05) is 12.8 Å². The molecule has 21 heavy (non-hydrogen) atoms. The molecule has 2 atom stereocenters. The fourth-order valence-electron chi connectivity index (χ4n) is 3.74. The molecule has 114 valence electrons. The molecule has 0 aromatic heterocycles. The van der Waals surface area contributed by atoms with Crippen molar-refractivity contribution in [1.82, 2.24) is 4.90 Å². The van der Waals surface area contributed by atoms with Crippen molar-refractivity contribution in [2.75, 3.05) is 24.6 Å². The molecule has 5 N–H and O–H groups in total. The van der Waals surface area contributed by atoms with Crippen LogP contribution in [0.2, 0.25) is 0 Å². The molecule has 1 aliphatic heterocycles. The summed E-state index contributed by atoms with van der Waals surface area (Å²) in [6, 6.07) is 4.98. The van der Waals surface area contributed by atoms with E-state index in [2.05, 4.69) is 0 Å². The van der Waals surface area contributed by atoms with Crippen LogP contribution in [0.4, 0.5) is 11.4 Å². The lowest BCUT2D eigenvalue weighted by Gasteiger charge is -2.47. The van der Waals surface area contributed by atoms with E-state index < -0.39 is 5.60 Å². The third-order valence-corrected chi connectivity index (χ3v) is 4.94. The van der Waals surface area contributed by atoms with Crippen molar-refractivity contribution in [3.8, 4) is 0 Å². The van der Waals surface area contributed by atoms with Crippen LogP contribution < -0.4 is 11.5 Å². The number of fused-ring (bicyclic) bond motifs is 1. The summed E-state index contributed by atoms with van der Waals surface area (Å²) in [4.78, 5) is 14.4. The highest BCUT2D eigenvalue weighted by Crippen LogP contribution is 2.40. The van der Waals surface area contributed by atoms with Crippen LogP contribution in [0, 0.1) is 5.92 Å². The van der Waals surface area contributed by atoms with Gasteiger partial charge in [-0.05, 0) is 37.5 Å². The number of carbonyl (C=O) groups excluding carboxylic acids is 1. The molecule has 1 amide bonds. The summed E-state index contributed by atoms with van der Waals surface area (Å²) in [5.41, 5.74) is 12.5. The molecule has 0 bridgehead atoms. The first-order valence-electron chi connectivity index (χ1n) is 7.66. The van der Waals surface area contributed by atoms with E-state index in [1.165, 1.54) is 0 Å². The minimum absolute atomic E-state index is 0.0402. The Morgan fingerprint density at radius 2 is 1.90 bits per heavy atom. The largest absolute Gasteiger partial charge is 0.399 e. The average Bonchev–Trinajstić information content (AvgIpc) is 2.44. The van der Waals surface area contributed by atoms with Crippen LogP contribution in [-0.4, -0.2) is 34.6 Å². The van der Waals surface area contributed by atoms with Gasteiger partial charge in [0.15, 0.2) is 0 Å². The lowest BCUT2D eigenvalue weighted by Crippen LogP contribution is -2.54. The molecule has 1 heterocycles. The Hall–Kier alpha value is -1.75. The van der Waals surface area contributed by atoms with Crippen LogP contribution in [0.5, 0.6) is 0 Å². The second kappa shape index (κ2) is 5.22. The average molecular weight is 289 g/mol. The molecule has 1 aliphatic carbocycles. The summed E-state index contributed by atoms with van der Waals surface area (Å²) >= 11 is 0. The topological polar surface area (TPSA) is 92.6 Å².